The Morgan fingerprint density at radius 2 is 1.81 bits per heavy atom. The predicted octanol–water partition coefficient (Wildman–Crippen LogP) is 6.59. The highest BCUT2D eigenvalue weighted by Gasteiger charge is 2.28. The summed E-state index contributed by atoms with van der Waals surface area (Å²) in [5, 5.41) is 1.26. The highest BCUT2D eigenvalue weighted by molar-refractivity contribution is 8.00. The van der Waals surface area contributed by atoms with Crippen LogP contribution in [-0.2, 0) is 19.5 Å². The van der Waals surface area contributed by atoms with E-state index in [1.165, 1.54) is 35.0 Å². The van der Waals surface area contributed by atoms with Gasteiger partial charge in [-0.2, -0.15) is 0 Å². The van der Waals surface area contributed by atoms with E-state index in [1.807, 2.05) is 24.1 Å². The number of aromatic nitrogens is 3. The number of para-hydroxylation sites is 1. The Balaban J connectivity index is 1.30. The highest BCUT2D eigenvalue weighted by Crippen LogP contribution is 2.41. The molecule has 1 aliphatic carbocycles. The number of carbonyl (C=O) groups excluding carboxylic acids is 1. The zero-order valence-corrected chi connectivity index (χ0v) is 21.0. The summed E-state index contributed by atoms with van der Waals surface area (Å²) < 4.78 is 7.22. The summed E-state index contributed by atoms with van der Waals surface area (Å²) in [6.07, 6.45) is 4.58. The van der Waals surface area contributed by atoms with Crippen molar-refractivity contribution in [3.05, 3.63) is 83.9 Å². The molecule has 1 saturated carbocycles. The largest absolute Gasteiger partial charge is 0.338 e. The molecular weight excluding hydrogens is 464 g/mol. The molecule has 0 unspecified atom stereocenters. The van der Waals surface area contributed by atoms with Gasteiger partial charge in [0.2, 0.25) is 0 Å². The van der Waals surface area contributed by atoms with Crippen molar-refractivity contribution >= 4 is 45.9 Å². The van der Waals surface area contributed by atoms with E-state index in [-0.39, 0.29) is 0 Å². The van der Waals surface area contributed by atoms with Crippen LogP contribution in [0.5, 0.6) is 0 Å². The maximum absolute atomic E-state index is 11.8. The van der Waals surface area contributed by atoms with E-state index >= 15 is 0 Å². The Kier molecular flexibility index (Phi) is 5.35. The van der Waals surface area contributed by atoms with Crippen LogP contribution in [0.15, 0.2) is 72.8 Å². The van der Waals surface area contributed by atoms with Gasteiger partial charge in [-0.05, 0) is 67.0 Å². The van der Waals surface area contributed by atoms with Crippen LogP contribution in [0.2, 0.25) is 0 Å². The lowest BCUT2D eigenvalue weighted by Crippen LogP contribution is -2.27. The third-order valence-corrected chi connectivity index (χ3v) is 8.51. The summed E-state index contributed by atoms with van der Waals surface area (Å²) in [5.41, 5.74) is 7.64. The first-order valence-corrected chi connectivity index (χ1v) is 13.8. The fourth-order valence-corrected chi connectivity index (χ4v) is 6.49. The molecule has 180 valence electrons. The number of hydrogen-bond donors (Lipinski definition) is 0. The lowest BCUT2D eigenvalue weighted by Gasteiger charge is -2.30. The standard InChI is InChI=1S/C30H28N4OS/c35-20-23-16-25-29-27(17-23)34(36-15-12-21-6-2-1-3-7-21)14-13-32(29)30(31-25)28-18-24-8-4-5-9-26(24)33(28)19-22-10-11-22/h1-9,16-18,20,22H,10-15,19H2. The van der Waals surface area contributed by atoms with Crippen LogP contribution in [0.1, 0.15) is 28.8 Å². The van der Waals surface area contributed by atoms with Crippen LogP contribution < -0.4 is 4.31 Å². The number of anilines is 1. The monoisotopic (exact) mass is 492 g/mol. The maximum Gasteiger partial charge on any atom is 0.157 e. The van der Waals surface area contributed by atoms with Gasteiger partial charge in [0.25, 0.3) is 0 Å². The Hall–Kier alpha value is -3.51. The molecule has 3 aromatic carbocycles. The van der Waals surface area contributed by atoms with E-state index in [1.54, 1.807) is 0 Å². The molecule has 7 rings (SSSR count). The van der Waals surface area contributed by atoms with Crippen molar-refractivity contribution in [2.75, 3.05) is 16.6 Å². The van der Waals surface area contributed by atoms with Gasteiger partial charge in [-0.1, -0.05) is 48.5 Å². The molecule has 0 radical (unpaired) electrons. The first kappa shape index (κ1) is 21.7. The van der Waals surface area contributed by atoms with Gasteiger partial charge in [0.05, 0.1) is 22.4 Å². The first-order chi connectivity index (χ1) is 17.8. The van der Waals surface area contributed by atoms with Gasteiger partial charge in [0.1, 0.15) is 6.29 Å². The Morgan fingerprint density at radius 1 is 0.972 bits per heavy atom. The normalized spacial score (nSPS) is 15.2. The van der Waals surface area contributed by atoms with Crippen LogP contribution in [0.25, 0.3) is 33.5 Å². The quantitative estimate of drug-likeness (QED) is 0.181. The molecule has 36 heavy (non-hydrogen) atoms. The number of rotatable bonds is 8. The minimum absolute atomic E-state index is 0.683. The van der Waals surface area contributed by atoms with E-state index in [4.69, 9.17) is 4.98 Å². The van der Waals surface area contributed by atoms with Gasteiger partial charge in [-0.25, -0.2) is 4.98 Å². The van der Waals surface area contributed by atoms with Gasteiger partial charge in [0, 0.05) is 41.9 Å². The second-order valence-electron chi connectivity index (χ2n) is 9.93. The molecule has 3 heterocycles. The second-order valence-corrected chi connectivity index (χ2v) is 11.0. The summed E-state index contributed by atoms with van der Waals surface area (Å²) in [7, 11) is 0. The SMILES string of the molecule is O=Cc1cc2c3c(c1)nc(-c1cc4ccccc4n1CC1CC1)n3CCN2SCCc1ccccc1. The molecule has 0 bridgehead atoms. The summed E-state index contributed by atoms with van der Waals surface area (Å²) in [4.78, 5) is 17.0. The Labute approximate surface area is 214 Å². The van der Waals surface area contributed by atoms with E-state index < -0.39 is 0 Å². The molecule has 0 saturated heterocycles. The molecule has 5 nitrogen and oxygen atoms in total. The molecular formula is C30H28N4OS. The second kappa shape index (κ2) is 8.86. The fourth-order valence-electron chi connectivity index (χ4n) is 5.45. The molecule has 1 fully saturated rings. The third-order valence-electron chi connectivity index (χ3n) is 7.43. The third kappa shape index (κ3) is 3.80. The Morgan fingerprint density at radius 3 is 2.64 bits per heavy atom. The smallest absolute Gasteiger partial charge is 0.157 e. The van der Waals surface area contributed by atoms with E-state index in [0.29, 0.717) is 5.56 Å². The lowest BCUT2D eigenvalue weighted by molar-refractivity contribution is 0.112. The fraction of sp³-hybridized carbons (Fsp3) is 0.267. The number of nitrogens with zero attached hydrogens (tertiary/aromatic N) is 4. The summed E-state index contributed by atoms with van der Waals surface area (Å²) in [6, 6.07) is 25.6. The lowest BCUT2D eigenvalue weighted by atomic mass is 10.1. The molecule has 1 aliphatic heterocycles. The molecule has 6 heteroatoms. The number of aryl methyl sites for hydroxylation is 1. The summed E-state index contributed by atoms with van der Waals surface area (Å²) >= 11 is 1.85. The average molecular weight is 493 g/mol. The van der Waals surface area contributed by atoms with E-state index in [0.717, 1.165) is 66.6 Å². The molecule has 0 N–H and O–H groups in total. The van der Waals surface area contributed by atoms with Crippen LogP contribution in [0, 0.1) is 5.92 Å². The number of fused-ring (bicyclic) bond motifs is 1. The average Bonchev–Trinajstić information content (AvgIpc) is 3.56. The van der Waals surface area contributed by atoms with Crippen molar-refractivity contribution in [2.24, 2.45) is 5.92 Å². The van der Waals surface area contributed by atoms with Gasteiger partial charge in [-0.3, -0.25) is 4.79 Å². The van der Waals surface area contributed by atoms with Crippen molar-refractivity contribution < 1.29 is 4.79 Å². The molecule has 0 spiro atoms. The topological polar surface area (TPSA) is 43.1 Å². The van der Waals surface area contributed by atoms with Crippen LogP contribution in [0.4, 0.5) is 5.69 Å². The zero-order chi connectivity index (χ0) is 24.1. The minimum Gasteiger partial charge on any atom is -0.338 e. The van der Waals surface area contributed by atoms with Crippen molar-refractivity contribution in [3.8, 4) is 11.5 Å². The van der Waals surface area contributed by atoms with Crippen molar-refractivity contribution in [3.63, 3.8) is 0 Å². The molecule has 2 aromatic heterocycles. The van der Waals surface area contributed by atoms with Crippen LogP contribution >= 0.6 is 11.9 Å². The minimum atomic E-state index is 0.683. The maximum atomic E-state index is 11.8. The summed E-state index contributed by atoms with van der Waals surface area (Å²) in [5.74, 6) is 2.77. The first-order valence-electron chi connectivity index (χ1n) is 12.8. The number of hydrogen-bond acceptors (Lipinski definition) is 4. The molecule has 2 aliphatic rings. The highest BCUT2D eigenvalue weighted by atomic mass is 32.2. The molecule has 0 atom stereocenters. The van der Waals surface area contributed by atoms with E-state index in [2.05, 4.69) is 74.1 Å². The van der Waals surface area contributed by atoms with Gasteiger partial charge < -0.3 is 13.4 Å². The summed E-state index contributed by atoms with van der Waals surface area (Å²) in [6.45, 7) is 2.80. The van der Waals surface area contributed by atoms with Gasteiger partial charge in [-0.15, -0.1) is 0 Å². The number of benzene rings is 3. The zero-order valence-electron chi connectivity index (χ0n) is 20.1. The van der Waals surface area contributed by atoms with Crippen LogP contribution in [-0.4, -0.2) is 32.7 Å². The van der Waals surface area contributed by atoms with Crippen molar-refractivity contribution in [1.82, 2.24) is 14.1 Å². The number of aldehydes is 1. The van der Waals surface area contributed by atoms with Crippen molar-refractivity contribution in [2.45, 2.75) is 32.4 Å². The number of imidazole rings is 1. The molecule has 0 amide bonds. The van der Waals surface area contributed by atoms with Gasteiger partial charge in [0.15, 0.2) is 5.82 Å². The van der Waals surface area contributed by atoms with Crippen LogP contribution in [0.3, 0.4) is 0 Å². The molecule has 5 aromatic rings. The number of carbonyl (C=O) groups is 1. The van der Waals surface area contributed by atoms with E-state index in [9.17, 15) is 4.79 Å². The van der Waals surface area contributed by atoms with Gasteiger partial charge >= 0.3 is 0 Å². The Bertz CT molecular complexity index is 1580. The predicted molar refractivity (Wildman–Crippen MR) is 149 cm³/mol. The van der Waals surface area contributed by atoms with Crippen molar-refractivity contribution in [1.29, 1.82) is 0 Å².